The lowest BCUT2D eigenvalue weighted by Gasteiger charge is -2.21. The summed E-state index contributed by atoms with van der Waals surface area (Å²) in [5.41, 5.74) is 2.21. The van der Waals surface area contributed by atoms with E-state index < -0.39 is 0 Å². The maximum Gasteiger partial charge on any atom is 0.124 e. The highest BCUT2D eigenvalue weighted by Crippen LogP contribution is 2.38. The van der Waals surface area contributed by atoms with Gasteiger partial charge in [0.2, 0.25) is 0 Å². The number of aliphatic hydroxyl groups excluding tert-OH is 1. The number of benzene rings is 1. The van der Waals surface area contributed by atoms with Crippen LogP contribution in [0.1, 0.15) is 43.9 Å². The Labute approximate surface area is 126 Å². The van der Waals surface area contributed by atoms with Crippen molar-refractivity contribution in [2.75, 3.05) is 19.8 Å². The number of hydrogen-bond donors (Lipinski definition) is 2. The van der Waals surface area contributed by atoms with Gasteiger partial charge in [-0.3, -0.25) is 0 Å². The molecule has 3 rings (SSSR count). The van der Waals surface area contributed by atoms with Gasteiger partial charge in [0.05, 0.1) is 19.3 Å². The molecule has 1 aromatic rings. The minimum atomic E-state index is -0.0862. The number of nitrogens with one attached hydrogen (secondary N) is 1. The maximum atomic E-state index is 9.75. The zero-order valence-corrected chi connectivity index (χ0v) is 12.9. The zero-order chi connectivity index (χ0) is 14.8. The molecule has 0 spiro atoms. The molecule has 2 atom stereocenters. The zero-order valence-electron chi connectivity index (χ0n) is 12.9. The third kappa shape index (κ3) is 3.33. The Balaban J connectivity index is 1.84. The summed E-state index contributed by atoms with van der Waals surface area (Å²) in [6.45, 7) is 5.73. The minimum absolute atomic E-state index is 0.0706. The van der Waals surface area contributed by atoms with Crippen LogP contribution in [0, 0.1) is 5.92 Å². The van der Waals surface area contributed by atoms with Crippen LogP contribution in [-0.2, 0) is 6.42 Å². The fraction of sp³-hybridized carbons (Fsp3) is 0.647. The van der Waals surface area contributed by atoms with Crippen molar-refractivity contribution >= 4 is 0 Å². The average Bonchev–Trinajstić information content (AvgIpc) is 3.21. The van der Waals surface area contributed by atoms with Gasteiger partial charge in [-0.1, -0.05) is 0 Å². The van der Waals surface area contributed by atoms with Crippen molar-refractivity contribution in [3.8, 4) is 11.5 Å². The molecule has 21 heavy (non-hydrogen) atoms. The van der Waals surface area contributed by atoms with Crippen molar-refractivity contribution < 1.29 is 14.6 Å². The molecule has 0 bridgehead atoms. The summed E-state index contributed by atoms with van der Waals surface area (Å²) >= 11 is 0. The molecule has 0 aromatic heterocycles. The van der Waals surface area contributed by atoms with Gasteiger partial charge in [0.15, 0.2) is 0 Å². The average molecular weight is 291 g/mol. The highest BCUT2D eigenvalue weighted by Gasteiger charge is 2.27. The first-order valence-corrected chi connectivity index (χ1v) is 8.01. The third-order valence-electron chi connectivity index (χ3n) is 4.24. The Morgan fingerprint density at radius 1 is 1.43 bits per heavy atom. The molecular formula is C17H25NO3. The number of hydrogen-bond acceptors (Lipinski definition) is 4. The lowest BCUT2D eigenvalue weighted by atomic mass is 10.0. The van der Waals surface area contributed by atoms with Crippen molar-refractivity contribution in [1.82, 2.24) is 5.32 Å². The van der Waals surface area contributed by atoms with Crippen molar-refractivity contribution in [2.24, 2.45) is 5.92 Å². The smallest absolute Gasteiger partial charge is 0.124 e. The normalized spacial score (nSPS) is 21.8. The Hall–Kier alpha value is -1.26. The summed E-state index contributed by atoms with van der Waals surface area (Å²) in [7, 11) is 0. The molecule has 4 nitrogen and oxygen atoms in total. The van der Waals surface area contributed by atoms with Crippen LogP contribution >= 0.6 is 0 Å². The van der Waals surface area contributed by atoms with E-state index >= 15 is 0 Å². The summed E-state index contributed by atoms with van der Waals surface area (Å²) in [5, 5.41) is 13.2. The van der Waals surface area contributed by atoms with E-state index in [1.807, 2.05) is 13.0 Å². The van der Waals surface area contributed by atoms with Gasteiger partial charge >= 0.3 is 0 Å². The molecule has 0 amide bonds. The Bertz CT molecular complexity index is 499. The number of ether oxygens (including phenoxy) is 2. The summed E-state index contributed by atoms with van der Waals surface area (Å²) in [6.07, 6.45) is 3.74. The van der Waals surface area contributed by atoms with Crippen LogP contribution in [0.15, 0.2) is 12.1 Å². The summed E-state index contributed by atoms with van der Waals surface area (Å²) in [4.78, 5) is 0. The molecule has 1 saturated carbocycles. The van der Waals surface area contributed by atoms with Crippen molar-refractivity contribution in [3.63, 3.8) is 0 Å². The summed E-state index contributed by atoms with van der Waals surface area (Å²) in [5.74, 6) is 2.59. The lowest BCUT2D eigenvalue weighted by Crippen LogP contribution is -2.27. The van der Waals surface area contributed by atoms with E-state index in [0.29, 0.717) is 6.61 Å². The van der Waals surface area contributed by atoms with E-state index in [1.54, 1.807) is 0 Å². The molecule has 1 aliphatic carbocycles. The Morgan fingerprint density at radius 3 is 2.90 bits per heavy atom. The van der Waals surface area contributed by atoms with Gasteiger partial charge in [-0.2, -0.15) is 0 Å². The van der Waals surface area contributed by atoms with Gasteiger partial charge in [0, 0.05) is 17.5 Å². The van der Waals surface area contributed by atoms with Crippen molar-refractivity contribution in [1.29, 1.82) is 0 Å². The number of aliphatic hydroxyl groups is 1. The maximum absolute atomic E-state index is 9.75. The second-order valence-electron chi connectivity index (χ2n) is 6.15. The molecule has 1 aliphatic heterocycles. The highest BCUT2D eigenvalue weighted by atomic mass is 16.5. The first kappa shape index (κ1) is 14.7. The number of fused-ring (bicyclic) bond motifs is 1. The predicted molar refractivity (Wildman–Crippen MR) is 82.0 cm³/mol. The molecule has 1 heterocycles. The quantitative estimate of drug-likeness (QED) is 0.810. The van der Waals surface area contributed by atoms with Crippen LogP contribution in [0.4, 0.5) is 0 Å². The van der Waals surface area contributed by atoms with E-state index in [0.717, 1.165) is 35.9 Å². The fourth-order valence-corrected chi connectivity index (χ4v) is 2.91. The summed E-state index contributed by atoms with van der Waals surface area (Å²) < 4.78 is 11.6. The predicted octanol–water partition coefficient (Wildman–Crippen LogP) is 2.44. The Kier molecular flexibility index (Phi) is 4.36. The molecule has 0 saturated heterocycles. The molecule has 116 valence electrons. The highest BCUT2D eigenvalue weighted by molar-refractivity contribution is 5.50. The molecule has 2 unspecified atom stereocenters. The van der Waals surface area contributed by atoms with Gasteiger partial charge in [-0.15, -0.1) is 0 Å². The molecular weight excluding hydrogens is 266 g/mol. The van der Waals surface area contributed by atoms with Crippen LogP contribution in [0.25, 0.3) is 0 Å². The van der Waals surface area contributed by atoms with Gasteiger partial charge in [-0.25, -0.2) is 0 Å². The SMILES string of the molecule is CCOc1cc2c(cc1C(CO)NCC1CC1)OC(C)C2. The van der Waals surface area contributed by atoms with E-state index in [9.17, 15) is 5.11 Å². The molecule has 4 heteroatoms. The molecule has 1 aromatic carbocycles. The van der Waals surface area contributed by atoms with E-state index in [2.05, 4.69) is 18.3 Å². The standard InChI is InChI=1S/C17H25NO3/c1-3-20-17-7-13-6-11(2)21-16(13)8-14(17)15(10-19)18-9-12-4-5-12/h7-8,11-12,15,18-19H,3-6,9-10H2,1-2H3. The second-order valence-corrected chi connectivity index (χ2v) is 6.15. The second kappa shape index (κ2) is 6.24. The monoisotopic (exact) mass is 291 g/mol. The molecule has 1 fully saturated rings. The summed E-state index contributed by atoms with van der Waals surface area (Å²) in [6, 6.07) is 4.04. The van der Waals surface area contributed by atoms with Gasteiger partial charge in [0.25, 0.3) is 0 Å². The van der Waals surface area contributed by atoms with E-state index in [4.69, 9.17) is 9.47 Å². The van der Waals surface area contributed by atoms with Gasteiger partial charge in [-0.05, 0) is 51.3 Å². The van der Waals surface area contributed by atoms with Crippen LogP contribution in [0.2, 0.25) is 0 Å². The molecule has 0 radical (unpaired) electrons. The first-order chi connectivity index (χ1) is 10.2. The van der Waals surface area contributed by atoms with Crippen LogP contribution in [0.5, 0.6) is 11.5 Å². The van der Waals surface area contributed by atoms with E-state index in [-0.39, 0.29) is 18.8 Å². The Morgan fingerprint density at radius 2 is 2.24 bits per heavy atom. The van der Waals surface area contributed by atoms with Crippen molar-refractivity contribution in [2.45, 2.75) is 45.3 Å². The van der Waals surface area contributed by atoms with Gasteiger partial charge in [0.1, 0.15) is 17.6 Å². The van der Waals surface area contributed by atoms with Crippen LogP contribution in [-0.4, -0.2) is 31.0 Å². The van der Waals surface area contributed by atoms with E-state index in [1.165, 1.54) is 18.4 Å². The lowest BCUT2D eigenvalue weighted by molar-refractivity contribution is 0.235. The topological polar surface area (TPSA) is 50.7 Å². The minimum Gasteiger partial charge on any atom is -0.494 e. The number of rotatable bonds is 7. The molecule has 2 N–H and O–H groups in total. The molecule has 2 aliphatic rings. The van der Waals surface area contributed by atoms with Gasteiger partial charge < -0.3 is 19.9 Å². The fourth-order valence-electron chi connectivity index (χ4n) is 2.91. The van der Waals surface area contributed by atoms with Crippen LogP contribution < -0.4 is 14.8 Å². The third-order valence-corrected chi connectivity index (χ3v) is 4.24. The van der Waals surface area contributed by atoms with Crippen molar-refractivity contribution in [3.05, 3.63) is 23.3 Å². The largest absolute Gasteiger partial charge is 0.494 e. The first-order valence-electron chi connectivity index (χ1n) is 8.01. The van der Waals surface area contributed by atoms with Crippen LogP contribution in [0.3, 0.4) is 0 Å².